The minimum atomic E-state index is -5.02. The largest absolute Gasteiger partial charge is 0.573 e. The molecule has 0 unspecified atom stereocenters. The van der Waals surface area contributed by atoms with Gasteiger partial charge in [-0.3, -0.25) is 9.36 Å². The molecule has 27 heavy (non-hydrogen) atoms. The zero-order valence-corrected chi connectivity index (χ0v) is 14.5. The average molecular weight is 402 g/mol. The van der Waals surface area contributed by atoms with Gasteiger partial charge in [0.2, 0.25) is 0 Å². The summed E-state index contributed by atoms with van der Waals surface area (Å²) in [5, 5.41) is 0.129. The molecule has 0 amide bonds. The Hall–Kier alpha value is -2.65. The van der Waals surface area contributed by atoms with E-state index >= 15 is 0 Å². The maximum absolute atomic E-state index is 13.9. The number of aromatic nitrogens is 2. The van der Waals surface area contributed by atoms with E-state index in [2.05, 4.69) is 9.72 Å². The Morgan fingerprint density at radius 1 is 1.26 bits per heavy atom. The second-order valence-electron chi connectivity index (χ2n) is 5.73. The van der Waals surface area contributed by atoms with Crippen molar-refractivity contribution in [3.05, 3.63) is 63.4 Å². The highest BCUT2D eigenvalue weighted by molar-refractivity contribution is 6.35. The summed E-state index contributed by atoms with van der Waals surface area (Å²) >= 11 is 6.07. The van der Waals surface area contributed by atoms with E-state index in [4.69, 9.17) is 17.3 Å². The van der Waals surface area contributed by atoms with Gasteiger partial charge in [-0.1, -0.05) is 17.7 Å². The lowest BCUT2D eigenvalue weighted by atomic mass is 10.2. The summed E-state index contributed by atoms with van der Waals surface area (Å²) in [7, 11) is 0. The Balaban J connectivity index is 2.34. The number of rotatable bonds is 3. The van der Waals surface area contributed by atoms with E-state index < -0.39 is 29.5 Å². The van der Waals surface area contributed by atoms with Crippen LogP contribution in [0.4, 0.5) is 17.6 Å². The first-order chi connectivity index (χ1) is 12.6. The smallest absolute Gasteiger partial charge is 0.406 e. The summed E-state index contributed by atoms with van der Waals surface area (Å²) in [6.45, 7) is 1.53. The molecule has 2 aromatic carbocycles. The van der Waals surface area contributed by atoms with Gasteiger partial charge in [0.1, 0.15) is 17.4 Å². The first-order valence-corrected chi connectivity index (χ1v) is 7.98. The third kappa shape index (κ3) is 3.88. The van der Waals surface area contributed by atoms with Crippen molar-refractivity contribution < 1.29 is 22.3 Å². The normalized spacial score (nSPS) is 13.0. The molecular formula is C17H12ClF4N3O2. The van der Waals surface area contributed by atoms with E-state index in [0.29, 0.717) is 6.07 Å². The zero-order valence-electron chi connectivity index (χ0n) is 13.7. The first-order valence-electron chi connectivity index (χ1n) is 7.60. The molecule has 0 saturated heterocycles. The van der Waals surface area contributed by atoms with E-state index in [9.17, 15) is 22.4 Å². The van der Waals surface area contributed by atoms with Gasteiger partial charge < -0.3 is 10.5 Å². The van der Waals surface area contributed by atoms with Gasteiger partial charge in [-0.15, -0.1) is 13.2 Å². The van der Waals surface area contributed by atoms with Crippen molar-refractivity contribution in [3.63, 3.8) is 0 Å². The number of hydrogen-bond donors (Lipinski definition) is 1. The fourth-order valence-electron chi connectivity index (χ4n) is 2.63. The Morgan fingerprint density at radius 2 is 1.96 bits per heavy atom. The summed E-state index contributed by atoms with van der Waals surface area (Å²) in [6, 6.07) is 6.11. The van der Waals surface area contributed by atoms with Crippen LogP contribution in [0, 0.1) is 5.82 Å². The van der Waals surface area contributed by atoms with Crippen molar-refractivity contribution in [1.29, 1.82) is 0 Å². The standard InChI is InChI=1S/C17H12ClF4N3O2/c1-8(23)15-24-13-4-2-3-12(18)14(13)16(26)25(15)10-5-9(19)6-11(7-10)27-17(20,21)22/h2-8H,23H2,1H3/t8-/m0/s1. The van der Waals surface area contributed by atoms with Crippen LogP contribution in [-0.4, -0.2) is 15.9 Å². The SMILES string of the molecule is C[C@H](N)c1nc2cccc(Cl)c2c(=O)n1-c1cc(F)cc(OC(F)(F)F)c1. The Kier molecular flexibility index (Phi) is 4.83. The van der Waals surface area contributed by atoms with Gasteiger partial charge in [0.15, 0.2) is 0 Å². The molecule has 1 atom stereocenters. The van der Waals surface area contributed by atoms with Crippen LogP contribution in [0.25, 0.3) is 16.6 Å². The van der Waals surface area contributed by atoms with Gasteiger partial charge in [0, 0.05) is 12.1 Å². The number of alkyl halides is 3. The number of ether oxygens (including phenoxy) is 1. The number of benzene rings is 2. The van der Waals surface area contributed by atoms with Crippen LogP contribution in [0.5, 0.6) is 5.75 Å². The van der Waals surface area contributed by atoms with E-state index in [0.717, 1.165) is 16.7 Å². The summed E-state index contributed by atoms with van der Waals surface area (Å²) in [5.41, 5.74) is 5.22. The maximum atomic E-state index is 13.9. The van der Waals surface area contributed by atoms with Gasteiger partial charge in [0.05, 0.1) is 27.7 Å². The number of nitrogens with zero attached hydrogens (tertiary/aromatic N) is 2. The molecule has 0 aliphatic rings. The topological polar surface area (TPSA) is 70.1 Å². The first kappa shape index (κ1) is 19.1. The van der Waals surface area contributed by atoms with Gasteiger partial charge in [-0.05, 0) is 25.1 Å². The highest BCUT2D eigenvalue weighted by Crippen LogP contribution is 2.28. The summed E-state index contributed by atoms with van der Waals surface area (Å²) in [4.78, 5) is 17.3. The fraction of sp³-hybridized carbons (Fsp3) is 0.176. The molecule has 3 aromatic rings. The van der Waals surface area contributed by atoms with Crippen molar-refractivity contribution in [1.82, 2.24) is 9.55 Å². The molecular weight excluding hydrogens is 390 g/mol. The third-order valence-electron chi connectivity index (χ3n) is 3.63. The number of fused-ring (bicyclic) bond motifs is 1. The number of hydrogen-bond acceptors (Lipinski definition) is 4. The quantitative estimate of drug-likeness (QED) is 0.671. The van der Waals surface area contributed by atoms with Crippen LogP contribution in [0.3, 0.4) is 0 Å². The van der Waals surface area contributed by atoms with Crippen LogP contribution >= 0.6 is 11.6 Å². The molecule has 0 fully saturated rings. The van der Waals surface area contributed by atoms with Crippen LogP contribution in [-0.2, 0) is 0 Å². The molecule has 0 spiro atoms. The average Bonchev–Trinajstić information content (AvgIpc) is 2.52. The molecule has 3 rings (SSSR count). The van der Waals surface area contributed by atoms with E-state index in [-0.39, 0.29) is 27.4 Å². The Labute approximate surface area is 154 Å². The van der Waals surface area contributed by atoms with Crippen LogP contribution in [0.2, 0.25) is 5.02 Å². The van der Waals surface area contributed by atoms with Crippen LogP contribution < -0.4 is 16.0 Å². The number of halogens is 5. The lowest BCUT2D eigenvalue weighted by molar-refractivity contribution is -0.274. The predicted molar refractivity (Wildman–Crippen MR) is 91.6 cm³/mol. The van der Waals surface area contributed by atoms with Gasteiger partial charge >= 0.3 is 6.36 Å². The molecule has 0 aliphatic carbocycles. The van der Waals surface area contributed by atoms with Crippen molar-refractivity contribution in [2.45, 2.75) is 19.3 Å². The van der Waals surface area contributed by atoms with Crippen molar-refractivity contribution in [2.24, 2.45) is 5.73 Å². The second-order valence-corrected chi connectivity index (χ2v) is 6.13. The van der Waals surface area contributed by atoms with E-state index in [1.54, 1.807) is 12.1 Å². The molecule has 2 N–H and O–H groups in total. The molecule has 0 saturated carbocycles. The molecule has 1 aromatic heterocycles. The second kappa shape index (κ2) is 6.82. The zero-order chi connectivity index (χ0) is 19.9. The maximum Gasteiger partial charge on any atom is 0.573 e. The van der Waals surface area contributed by atoms with Crippen molar-refractivity contribution in [3.8, 4) is 11.4 Å². The van der Waals surface area contributed by atoms with Gasteiger partial charge in [-0.25, -0.2) is 9.37 Å². The Bertz CT molecular complexity index is 1080. The monoisotopic (exact) mass is 401 g/mol. The molecule has 10 heteroatoms. The molecule has 142 valence electrons. The molecule has 0 bridgehead atoms. The Morgan fingerprint density at radius 3 is 2.59 bits per heavy atom. The predicted octanol–water partition coefficient (Wildman–Crippen LogP) is 4.10. The number of nitrogens with two attached hydrogens (primary N) is 1. The lowest BCUT2D eigenvalue weighted by Gasteiger charge is -2.17. The van der Waals surface area contributed by atoms with E-state index in [1.807, 2.05) is 0 Å². The van der Waals surface area contributed by atoms with Gasteiger partial charge in [0.25, 0.3) is 5.56 Å². The summed E-state index contributed by atoms with van der Waals surface area (Å²) < 4.78 is 56.1. The molecule has 1 heterocycles. The minimum absolute atomic E-state index is 0.0262. The van der Waals surface area contributed by atoms with Crippen LogP contribution in [0.15, 0.2) is 41.2 Å². The highest BCUT2D eigenvalue weighted by atomic mass is 35.5. The molecule has 0 aliphatic heterocycles. The fourth-order valence-corrected chi connectivity index (χ4v) is 2.88. The lowest BCUT2D eigenvalue weighted by Crippen LogP contribution is -2.28. The highest BCUT2D eigenvalue weighted by Gasteiger charge is 2.31. The minimum Gasteiger partial charge on any atom is -0.406 e. The van der Waals surface area contributed by atoms with E-state index in [1.165, 1.54) is 13.0 Å². The molecule has 0 radical (unpaired) electrons. The third-order valence-corrected chi connectivity index (χ3v) is 3.94. The molecule has 5 nitrogen and oxygen atoms in total. The van der Waals surface area contributed by atoms with Gasteiger partial charge in [-0.2, -0.15) is 0 Å². The van der Waals surface area contributed by atoms with Crippen molar-refractivity contribution >= 4 is 22.5 Å². The summed E-state index contributed by atoms with van der Waals surface area (Å²) in [5.74, 6) is -1.83. The summed E-state index contributed by atoms with van der Waals surface area (Å²) in [6.07, 6.45) is -5.02. The van der Waals surface area contributed by atoms with Crippen LogP contribution in [0.1, 0.15) is 18.8 Å². The van der Waals surface area contributed by atoms with Crippen molar-refractivity contribution in [2.75, 3.05) is 0 Å².